The van der Waals surface area contributed by atoms with Crippen LogP contribution in [-0.2, 0) is 16.0 Å². The zero-order chi connectivity index (χ0) is 29.5. The van der Waals surface area contributed by atoms with Crippen molar-refractivity contribution in [1.82, 2.24) is 4.90 Å². The molecular weight excluding hydrogens is 536 g/mol. The van der Waals surface area contributed by atoms with Crippen LogP contribution in [0.4, 0.5) is 5.69 Å². The van der Waals surface area contributed by atoms with Gasteiger partial charge in [0.15, 0.2) is 0 Å². The molecule has 4 rings (SSSR count). The van der Waals surface area contributed by atoms with Crippen molar-refractivity contribution >= 4 is 23.2 Å². The fraction of sp³-hybridized carbons (Fsp3) is 0.618. The van der Waals surface area contributed by atoms with Crippen molar-refractivity contribution in [2.75, 3.05) is 45.3 Å². The molecule has 5 atom stereocenters. The summed E-state index contributed by atoms with van der Waals surface area (Å²) in [6.07, 6.45) is 7.18. The van der Waals surface area contributed by atoms with E-state index < -0.39 is 6.10 Å². The molecule has 7 heteroatoms. The molecule has 2 aromatic rings. The van der Waals surface area contributed by atoms with Crippen LogP contribution in [0.5, 0.6) is 5.75 Å². The van der Waals surface area contributed by atoms with Gasteiger partial charge in [-0.2, -0.15) is 0 Å². The fourth-order valence-corrected chi connectivity index (χ4v) is 6.74. The van der Waals surface area contributed by atoms with Crippen LogP contribution in [0.15, 0.2) is 36.4 Å². The third-order valence-electron chi connectivity index (χ3n) is 9.23. The Balaban J connectivity index is 1.53. The number of aliphatic hydroxyl groups is 1. The summed E-state index contributed by atoms with van der Waals surface area (Å²) in [4.78, 5) is 15.8. The standard InChI is InChI=1S/C34H49ClN2O4/c1-6-9-26-18-29(35)13-15-30(26)28-21-37(32-19-25(23(2)38)12-16-34(32)41-22-28)20-27-11-14-31(27)33(40-5)10-7-8-17-36(4)24(3)39/h12-13,15-16,18-19,23,27-28,31,33,38H,6-11,14,17,20-22H2,1-5H3. The van der Waals surface area contributed by atoms with Crippen molar-refractivity contribution in [3.8, 4) is 5.75 Å². The van der Waals surface area contributed by atoms with Crippen LogP contribution in [0.3, 0.4) is 0 Å². The molecular formula is C34H49ClN2O4. The molecule has 6 nitrogen and oxygen atoms in total. The molecule has 2 aromatic carbocycles. The number of hydrogen-bond acceptors (Lipinski definition) is 5. The first-order valence-corrected chi connectivity index (χ1v) is 15.8. The minimum absolute atomic E-state index is 0.117. The van der Waals surface area contributed by atoms with E-state index in [0.29, 0.717) is 18.4 Å². The lowest BCUT2D eigenvalue weighted by molar-refractivity contribution is -0.127. The zero-order valence-electron chi connectivity index (χ0n) is 25.6. The van der Waals surface area contributed by atoms with Gasteiger partial charge in [0.2, 0.25) is 5.91 Å². The average molecular weight is 585 g/mol. The third-order valence-corrected chi connectivity index (χ3v) is 9.47. The minimum Gasteiger partial charge on any atom is -0.491 e. The Kier molecular flexibility index (Phi) is 11.4. The summed E-state index contributed by atoms with van der Waals surface area (Å²) in [7, 11) is 3.71. The number of aryl methyl sites for hydroxylation is 1. The fourth-order valence-electron chi connectivity index (χ4n) is 6.54. The first-order chi connectivity index (χ1) is 19.7. The van der Waals surface area contributed by atoms with E-state index in [4.69, 9.17) is 21.1 Å². The summed E-state index contributed by atoms with van der Waals surface area (Å²) < 4.78 is 12.5. The number of nitrogens with zero attached hydrogens (tertiary/aromatic N) is 2. The van der Waals surface area contributed by atoms with Crippen LogP contribution in [0.1, 0.15) is 88.0 Å². The van der Waals surface area contributed by atoms with Gasteiger partial charge in [-0.15, -0.1) is 0 Å². The van der Waals surface area contributed by atoms with Crippen LogP contribution in [0.25, 0.3) is 0 Å². The van der Waals surface area contributed by atoms with Crippen LogP contribution in [0.2, 0.25) is 5.02 Å². The van der Waals surface area contributed by atoms with E-state index >= 15 is 0 Å². The molecule has 41 heavy (non-hydrogen) atoms. The molecule has 1 saturated carbocycles. The first-order valence-electron chi connectivity index (χ1n) is 15.4. The molecule has 1 aliphatic carbocycles. The Hall–Kier alpha value is -2.28. The van der Waals surface area contributed by atoms with Gasteiger partial charge in [-0.25, -0.2) is 0 Å². The second-order valence-corrected chi connectivity index (χ2v) is 12.6. The van der Waals surface area contributed by atoms with Gasteiger partial charge >= 0.3 is 0 Å². The van der Waals surface area contributed by atoms with Crippen LogP contribution < -0.4 is 9.64 Å². The first kappa shape index (κ1) is 31.7. The Morgan fingerprint density at radius 1 is 1.22 bits per heavy atom. The van der Waals surface area contributed by atoms with Crippen molar-refractivity contribution in [3.05, 3.63) is 58.1 Å². The molecule has 0 spiro atoms. The predicted molar refractivity (Wildman–Crippen MR) is 167 cm³/mol. The number of hydrogen-bond donors (Lipinski definition) is 1. The van der Waals surface area contributed by atoms with E-state index in [-0.39, 0.29) is 17.9 Å². The highest BCUT2D eigenvalue weighted by Gasteiger charge is 2.39. The van der Waals surface area contributed by atoms with Gasteiger partial charge in [-0.3, -0.25) is 4.79 Å². The molecule has 226 valence electrons. The summed E-state index contributed by atoms with van der Waals surface area (Å²) in [5.74, 6) is 2.26. The molecule has 1 amide bonds. The quantitative estimate of drug-likeness (QED) is 0.256. The number of aliphatic hydroxyl groups excluding tert-OH is 1. The van der Waals surface area contributed by atoms with Crippen molar-refractivity contribution in [2.45, 2.75) is 83.8 Å². The maximum atomic E-state index is 11.5. The van der Waals surface area contributed by atoms with Gasteiger partial charge in [0.25, 0.3) is 0 Å². The van der Waals surface area contributed by atoms with E-state index in [1.807, 2.05) is 39.3 Å². The van der Waals surface area contributed by atoms with Crippen molar-refractivity contribution in [2.24, 2.45) is 11.8 Å². The number of unbranched alkanes of at least 4 members (excludes halogenated alkanes) is 1. The molecule has 5 unspecified atom stereocenters. The number of rotatable bonds is 13. The number of amides is 1. The Morgan fingerprint density at radius 2 is 2.02 bits per heavy atom. The second kappa shape index (κ2) is 14.8. The van der Waals surface area contributed by atoms with E-state index in [9.17, 15) is 9.90 Å². The van der Waals surface area contributed by atoms with Crippen LogP contribution in [-0.4, -0.2) is 62.4 Å². The van der Waals surface area contributed by atoms with Crippen LogP contribution in [0, 0.1) is 11.8 Å². The van der Waals surface area contributed by atoms with E-state index in [1.54, 1.807) is 11.8 Å². The highest BCUT2D eigenvalue weighted by atomic mass is 35.5. The number of carbonyl (C=O) groups excluding carboxylic acids is 1. The van der Waals surface area contributed by atoms with Gasteiger partial charge in [0.1, 0.15) is 5.75 Å². The molecule has 1 aliphatic heterocycles. The largest absolute Gasteiger partial charge is 0.491 e. The van der Waals surface area contributed by atoms with Crippen molar-refractivity contribution < 1.29 is 19.4 Å². The predicted octanol–water partition coefficient (Wildman–Crippen LogP) is 7.02. The van der Waals surface area contributed by atoms with E-state index in [0.717, 1.165) is 73.8 Å². The molecule has 2 aliphatic rings. The summed E-state index contributed by atoms with van der Waals surface area (Å²) in [5.41, 5.74) is 4.61. The Bertz CT molecular complexity index is 1160. The summed E-state index contributed by atoms with van der Waals surface area (Å²) in [6, 6.07) is 12.4. The maximum absolute atomic E-state index is 11.5. The normalized spacial score (nSPS) is 21.7. The highest BCUT2D eigenvalue weighted by Crippen LogP contribution is 2.44. The smallest absolute Gasteiger partial charge is 0.219 e. The topological polar surface area (TPSA) is 62.2 Å². The molecule has 0 aromatic heterocycles. The number of benzene rings is 2. The lowest BCUT2D eigenvalue weighted by atomic mass is 9.69. The van der Waals surface area contributed by atoms with Gasteiger partial charge in [0, 0.05) is 51.7 Å². The highest BCUT2D eigenvalue weighted by molar-refractivity contribution is 6.30. The minimum atomic E-state index is -0.537. The lowest BCUT2D eigenvalue weighted by Crippen LogP contribution is -2.45. The van der Waals surface area contributed by atoms with Crippen LogP contribution >= 0.6 is 11.6 Å². The number of carbonyl (C=O) groups is 1. The molecule has 0 bridgehead atoms. The number of ether oxygens (including phenoxy) is 2. The second-order valence-electron chi connectivity index (χ2n) is 12.1. The van der Waals surface area contributed by atoms with Gasteiger partial charge < -0.3 is 24.4 Å². The number of methoxy groups -OCH3 is 1. The summed E-state index contributed by atoms with van der Waals surface area (Å²) in [5, 5.41) is 11.2. The lowest BCUT2D eigenvalue weighted by Gasteiger charge is -2.44. The molecule has 1 N–H and O–H groups in total. The maximum Gasteiger partial charge on any atom is 0.219 e. The van der Waals surface area contributed by atoms with Crippen molar-refractivity contribution in [3.63, 3.8) is 0 Å². The van der Waals surface area contributed by atoms with E-state index in [1.165, 1.54) is 24.0 Å². The number of halogens is 1. The monoisotopic (exact) mass is 584 g/mol. The Labute approximate surface area is 252 Å². The third kappa shape index (κ3) is 7.97. The zero-order valence-corrected chi connectivity index (χ0v) is 26.3. The number of fused-ring (bicyclic) bond motifs is 1. The van der Waals surface area contributed by atoms with Crippen molar-refractivity contribution in [1.29, 1.82) is 0 Å². The summed E-state index contributed by atoms with van der Waals surface area (Å²) in [6.45, 7) is 8.84. The molecule has 0 radical (unpaired) electrons. The summed E-state index contributed by atoms with van der Waals surface area (Å²) >= 11 is 6.41. The molecule has 1 heterocycles. The Morgan fingerprint density at radius 3 is 2.68 bits per heavy atom. The van der Waals surface area contributed by atoms with E-state index in [2.05, 4.69) is 30.0 Å². The average Bonchev–Trinajstić information content (AvgIpc) is 3.11. The SMILES string of the molecule is CCCc1cc(Cl)ccc1C1COc2ccc(C(C)O)cc2N(CC2CCC2C(CCCCN(C)C(C)=O)OC)C1. The van der Waals surface area contributed by atoms with Gasteiger partial charge in [-0.05, 0) is 98.2 Å². The molecule has 0 saturated heterocycles. The van der Waals surface area contributed by atoms with Gasteiger partial charge in [0.05, 0.1) is 24.5 Å². The molecule has 1 fully saturated rings. The number of anilines is 1. The van der Waals surface area contributed by atoms with Gasteiger partial charge in [-0.1, -0.05) is 37.1 Å².